The highest BCUT2D eigenvalue weighted by atomic mass is 35.5. The Kier molecular flexibility index (Phi) is 4.28. The number of hydrogen-bond donors (Lipinski definition) is 0. The predicted octanol–water partition coefficient (Wildman–Crippen LogP) is 2.59. The summed E-state index contributed by atoms with van der Waals surface area (Å²) in [6.45, 7) is 0. The molecule has 1 heterocycles. The second-order valence-corrected chi connectivity index (χ2v) is 2.86. The Bertz CT molecular complexity index is 327. The summed E-state index contributed by atoms with van der Waals surface area (Å²) in [5, 5.41) is 0. The zero-order valence-corrected chi connectivity index (χ0v) is 7.81. The Balaban J connectivity index is 2.56. The van der Waals surface area contributed by atoms with Crippen LogP contribution in [0.2, 0.25) is 0 Å². The van der Waals surface area contributed by atoms with E-state index in [4.69, 9.17) is 11.6 Å². The zero-order chi connectivity index (χ0) is 9.52. The van der Waals surface area contributed by atoms with Gasteiger partial charge in [0, 0.05) is 24.1 Å². The molecule has 1 nitrogen and oxygen atoms in total. The van der Waals surface area contributed by atoms with E-state index in [1.165, 1.54) is 12.3 Å². The topological polar surface area (TPSA) is 12.9 Å². The van der Waals surface area contributed by atoms with Crippen molar-refractivity contribution in [2.45, 2.75) is 12.8 Å². The van der Waals surface area contributed by atoms with Crippen LogP contribution in [-0.2, 0) is 0 Å². The first-order chi connectivity index (χ1) is 6.33. The molecule has 68 valence electrons. The molecule has 0 atom stereocenters. The van der Waals surface area contributed by atoms with E-state index in [1.54, 1.807) is 0 Å². The third-order valence-corrected chi connectivity index (χ3v) is 1.64. The molecule has 1 rings (SSSR count). The maximum Gasteiger partial charge on any atom is 0.142 e. The van der Waals surface area contributed by atoms with Crippen LogP contribution >= 0.6 is 11.6 Å². The van der Waals surface area contributed by atoms with Crippen molar-refractivity contribution in [3.05, 3.63) is 29.8 Å². The minimum absolute atomic E-state index is 0.357. The molecule has 1 aromatic rings. The predicted molar refractivity (Wildman–Crippen MR) is 51.0 cm³/mol. The van der Waals surface area contributed by atoms with Gasteiger partial charge in [0.15, 0.2) is 0 Å². The quantitative estimate of drug-likeness (QED) is 0.404. The molecular weight excluding hydrogens is 189 g/mol. The van der Waals surface area contributed by atoms with Crippen LogP contribution in [0.15, 0.2) is 18.5 Å². The fraction of sp³-hybridized carbons (Fsp3) is 0.300. The first-order valence-electron chi connectivity index (χ1n) is 3.98. The summed E-state index contributed by atoms with van der Waals surface area (Å²) < 4.78 is 12.6. The van der Waals surface area contributed by atoms with Crippen LogP contribution < -0.4 is 0 Å². The Hall–Kier alpha value is -1.07. The number of nitrogens with zero attached hydrogens (tertiary/aromatic N) is 1. The maximum atomic E-state index is 12.6. The highest BCUT2D eigenvalue weighted by Crippen LogP contribution is 1.98. The second kappa shape index (κ2) is 5.55. The molecule has 0 saturated heterocycles. The summed E-state index contributed by atoms with van der Waals surface area (Å²) >= 11 is 5.47. The fourth-order valence-corrected chi connectivity index (χ4v) is 0.934. The van der Waals surface area contributed by atoms with E-state index in [1.807, 2.05) is 0 Å². The molecule has 1 aromatic heterocycles. The number of rotatable bonds is 2. The molecule has 3 heteroatoms. The van der Waals surface area contributed by atoms with Crippen LogP contribution in [0.25, 0.3) is 0 Å². The van der Waals surface area contributed by atoms with Gasteiger partial charge < -0.3 is 0 Å². The van der Waals surface area contributed by atoms with Crippen molar-refractivity contribution >= 4 is 11.6 Å². The number of alkyl halides is 1. The summed E-state index contributed by atoms with van der Waals surface area (Å²) in [7, 11) is 0. The Morgan fingerprint density at radius 2 is 2.31 bits per heavy atom. The van der Waals surface area contributed by atoms with Crippen LogP contribution in [0.4, 0.5) is 4.39 Å². The summed E-state index contributed by atoms with van der Waals surface area (Å²) in [6, 6.07) is 1.36. The lowest BCUT2D eigenvalue weighted by atomic mass is 10.2. The second-order valence-electron chi connectivity index (χ2n) is 2.49. The summed E-state index contributed by atoms with van der Waals surface area (Å²) in [6.07, 6.45) is 4.29. The van der Waals surface area contributed by atoms with E-state index >= 15 is 0 Å². The average Bonchev–Trinajstić information content (AvgIpc) is 2.13. The molecule has 0 radical (unpaired) electrons. The molecule has 0 N–H and O–H groups in total. The molecule has 0 bridgehead atoms. The normalized spacial score (nSPS) is 9.08. The molecule has 0 unspecified atom stereocenters. The van der Waals surface area contributed by atoms with Gasteiger partial charge in [0.1, 0.15) is 5.82 Å². The van der Waals surface area contributed by atoms with E-state index in [0.29, 0.717) is 11.4 Å². The van der Waals surface area contributed by atoms with Crippen LogP contribution in [0.5, 0.6) is 0 Å². The van der Waals surface area contributed by atoms with Gasteiger partial charge in [-0.1, -0.05) is 11.8 Å². The minimum atomic E-state index is -0.357. The van der Waals surface area contributed by atoms with Gasteiger partial charge in [-0.05, 0) is 12.5 Å². The van der Waals surface area contributed by atoms with E-state index in [2.05, 4.69) is 16.8 Å². The van der Waals surface area contributed by atoms with Crippen molar-refractivity contribution in [3.63, 3.8) is 0 Å². The number of halogens is 2. The van der Waals surface area contributed by atoms with E-state index in [9.17, 15) is 4.39 Å². The van der Waals surface area contributed by atoms with Gasteiger partial charge >= 0.3 is 0 Å². The van der Waals surface area contributed by atoms with Gasteiger partial charge in [-0.3, -0.25) is 4.98 Å². The lowest BCUT2D eigenvalue weighted by Crippen LogP contribution is -1.81. The Morgan fingerprint density at radius 1 is 1.46 bits per heavy atom. The van der Waals surface area contributed by atoms with E-state index < -0.39 is 0 Å². The highest BCUT2D eigenvalue weighted by molar-refractivity contribution is 6.17. The number of unbranched alkanes of at least 4 members (excludes halogenated alkanes) is 1. The van der Waals surface area contributed by atoms with Gasteiger partial charge in [0.25, 0.3) is 0 Å². The molecular formula is C10H9ClFN. The van der Waals surface area contributed by atoms with Gasteiger partial charge in [0.05, 0.1) is 6.20 Å². The molecule has 0 saturated carbocycles. The monoisotopic (exact) mass is 197 g/mol. The SMILES string of the molecule is Fc1cncc(C#CCCCCl)c1. The van der Waals surface area contributed by atoms with Crippen molar-refractivity contribution in [1.82, 2.24) is 4.98 Å². The van der Waals surface area contributed by atoms with Crippen LogP contribution in [0.3, 0.4) is 0 Å². The molecule has 0 aliphatic carbocycles. The van der Waals surface area contributed by atoms with Crippen molar-refractivity contribution in [1.29, 1.82) is 0 Å². The van der Waals surface area contributed by atoms with E-state index in [0.717, 1.165) is 19.0 Å². The summed E-state index contributed by atoms with van der Waals surface area (Å²) in [4.78, 5) is 3.68. The van der Waals surface area contributed by atoms with Gasteiger partial charge in [-0.15, -0.1) is 11.6 Å². The Labute approximate surface area is 81.9 Å². The molecule has 13 heavy (non-hydrogen) atoms. The first kappa shape index (κ1) is 10.0. The lowest BCUT2D eigenvalue weighted by molar-refractivity contribution is 0.621. The number of aromatic nitrogens is 1. The summed E-state index contributed by atoms with van der Waals surface area (Å²) in [5.74, 6) is 5.95. The third-order valence-electron chi connectivity index (χ3n) is 1.37. The number of hydrogen-bond acceptors (Lipinski definition) is 1. The highest BCUT2D eigenvalue weighted by Gasteiger charge is 1.90. The smallest absolute Gasteiger partial charge is 0.142 e. The molecule has 0 aromatic carbocycles. The van der Waals surface area contributed by atoms with Gasteiger partial charge in [-0.2, -0.15) is 0 Å². The zero-order valence-electron chi connectivity index (χ0n) is 7.06. The van der Waals surface area contributed by atoms with Gasteiger partial charge in [0.2, 0.25) is 0 Å². The van der Waals surface area contributed by atoms with E-state index in [-0.39, 0.29) is 5.82 Å². The third kappa shape index (κ3) is 3.91. The first-order valence-corrected chi connectivity index (χ1v) is 4.52. The van der Waals surface area contributed by atoms with Gasteiger partial charge in [-0.25, -0.2) is 4.39 Å². The van der Waals surface area contributed by atoms with Crippen LogP contribution in [-0.4, -0.2) is 10.9 Å². The van der Waals surface area contributed by atoms with Crippen molar-refractivity contribution < 1.29 is 4.39 Å². The fourth-order valence-electron chi connectivity index (χ4n) is 0.800. The average molecular weight is 198 g/mol. The van der Waals surface area contributed by atoms with Crippen molar-refractivity contribution in [2.24, 2.45) is 0 Å². The van der Waals surface area contributed by atoms with Crippen LogP contribution in [0.1, 0.15) is 18.4 Å². The number of pyridine rings is 1. The molecule has 0 spiro atoms. The lowest BCUT2D eigenvalue weighted by Gasteiger charge is -1.88. The standard InChI is InChI=1S/C10H9ClFN/c11-5-3-1-2-4-9-6-10(12)8-13-7-9/h6-8H,1,3,5H2. The Morgan fingerprint density at radius 3 is 3.00 bits per heavy atom. The van der Waals surface area contributed by atoms with Crippen molar-refractivity contribution in [2.75, 3.05) is 5.88 Å². The molecule has 0 aliphatic rings. The van der Waals surface area contributed by atoms with Crippen LogP contribution in [0, 0.1) is 17.7 Å². The van der Waals surface area contributed by atoms with Crippen molar-refractivity contribution in [3.8, 4) is 11.8 Å². The molecule has 0 amide bonds. The molecule has 0 aliphatic heterocycles. The molecule has 0 fully saturated rings. The maximum absolute atomic E-state index is 12.6. The minimum Gasteiger partial charge on any atom is -0.260 e. The summed E-state index contributed by atoms with van der Waals surface area (Å²) in [5.41, 5.74) is 0.606. The largest absolute Gasteiger partial charge is 0.260 e.